The van der Waals surface area contributed by atoms with Crippen molar-refractivity contribution in [1.82, 2.24) is 19.7 Å². The zero-order valence-corrected chi connectivity index (χ0v) is 12.0. The van der Waals surface area contributed by atoms with Crippen LogP contribution in [0.15, 0.2) is 42.9 Å². The number of hydrogen-bond donors (Lipinski definition) is 1. The molecule has 3 aromatic rings. The van der Waals surface area contributed by atoms with Gasteiger partial charge in [0, 0.05) is 6.07 Å². The molecule has 0 bridgehead atoms. The minimum atomic E-state index is -1.06. The summed E-state index contributed by atoms with van der Waals surface area (Å²) in [5, 5.41) is 13.1. The third kappa shape index (κ3) is 3.00. The third-order valence-electron chi connectivity index (χ3n) is 3.12. The zero-order valence-electron chi connectivity index (χ0n) is 12.0. The summed E-state index contributed by atoms with van der Waals surface area (Å²) in [5.74, 6) is -0.422. The summed E-state index contributed by atoms with van der Waals surface area (Å²) in [7, 11) is 0. The Morgan fingerprint density at radius 3 is 2.65 bits per heavy atom. The van der Waals surface area contributed by atoms with Gasteiger partial charge in [-0.2, -0.15) is 5.10 Å². The number of rotatable bonds is 4. The second kappa shape index (κ2) is 5.84. The SMILES string of the molecule is Cc1c(C(=O)O)cnn1-c1cc(Oc2ccc(F)cc2)ncn1. The number of nitrogens with zero attached hydrogens (tertiary/aromatic N) is 4. The Kier molecular flexibility index (Phi) is 3.71. The van der Waals surface area contributed by atoms with Gasteiger partial charge in [0.1, 0.15) is 23.5 Å². The maximum Gasteiger partial charge on any atom is 0.339 e. The smallest absolute Gasteiger partial charge is 0.339 e. The van der Waals surface area contributed by atoms with Crippen LogP contribution in [0.1, 0.15) is 16.1 Å². The first-order chi connectivity index (χ1) is 11.0. The molecule has 1 aromatic carbocycles. The number of carboxylic acids is 1. The van der Waals surface area contributed by atoms with E-state index in [9.17, 15) is 9.18 Å². The van der Waals surface area contributed by atoms with E-state index in [-0.39, 0.29) is 17.3 Å². The first-order valence-corrected chi connectivity index (χ1v) is 6.58. The number of carboxylic acid groups (broad SMARTS) is 1. The van der Waals surface area contributed by atoms with E-state index < -0.39 is 5.97 Å². The fraction of sp³-hybridized carbons (Fsp3) is 0.0667. The number of ether oxygens (including phenoxy) is 1. The molecule has 1 N–H and O–H groups in total. The molecular weight excluding hydrogens is 303 g/mol. The van der Waals surface area contributed by atoms with Gasteiger partial charge in [-0.15, -0.1) is 0 Å². The van der Waals surface area contributed by atoms with E-state index in [1.165, 1.54) is 47.5 Å². The molecule has 0 radical (unpaired) electrons. The highest BCUT2D eigenvalue weighted by Crippen LogP contribution is 2.21. The van der Waals surface area contributed by atoms with Crippen LogP contribution in [0.3, 0.4) is 0 Å². The Morgan fingerprint density at radius 1 is 1.26 bits per heavy atom. The molecule has 23 heavy (non-hydrogen) atoms. The van der Waals surface area contributed by atoms with Crippen LogP contribution in [0.25, 0.3) is 5.82 Å². The monoisotopic (exact) mass is 314 g/mol. The van der Waals surface area contributed by atoms with Crippen molar-refractivity contribution in [2.45, 2.75) is 6.92 Å². The van der Waals surface area contributed by atoms with Crippen LogP contribution in [0, 0.1) is 12.7 Å². The molecule has 2 heterocycles. The predicted molar refractivity (Wildman–Crippen MR) is 77.3 cm³/mol. The lowest BCUT2D eigenvalue weighted by atomic mass is 10.3. The predicted octanol–water partition coefficient (Wildman–Crippen LogP) is 2.60. The van der Waals surface area contributed by atoms with E-state index >= 15 is 0 Å². The van der Waals surface area contributed by atoms with Crippen molar-refractivity contribution >= 4 is 5.97 Å². The van der Waals surface area contributed by atoms with Crippen molar-refractivity contribution in [3.63, 3.8) is 0 Å². The molecule has 0 fully saturated rings. The quantitative estimate of drug-likeness (QED) is 0.796. The average Bonchev–Trinajstić information content (AvgIpc) is 2.92. The van der Waals surface area contributed by atoms with Gasteiger partial charge in [0.15, 0.2) is 5.82 Å². The molecule has 8 heteroatoms. The highest BCUT2D eigenvalue weighted by molar-refractivity contribution is 5.88. The Balaban J connectivity index is 1.91. The number of halogens is 1. The second-order valence-corrected chi connectivity index (χ2v) is 4.63. The molecule has 0 atom stereocenters. The summed E-state index contributed by atoms with van der Waals surface area (Å²) in [6.45, 7) is 1.62. The maximum absolute atomic E-state index is 12.9. The number of benzene rings is 1. The molecule has 0 amide bonds. The van der Waals surface area contributed by atoms with Gasteiger partial charge in [-0.25, -0.2) is 23.8 Å². The number of carbonyl (C=O) groups is 1. The van der Waals surface area contributed by atoms with E-state index in [4.69, 9.17) is 9.84 Å². The summed E-state index contributed by atoms with van der Waals surface area (Å²) in [6, 6.07) is 7.00. The summed E-state index contributed by atoms with van der Waals surface area (Å²) >= 11 is 0. The molecular formula is C15H11FN4O3. The van der Waals surface area contributed by atoms with Crippen LogP contribution in [-0.4, -0.2) is 30.8 Å². The first kappa shape index (κ1) is 14.6. The molecule has 116 valence electrons. The van der Waals surface area contributed by atoms with Crippen LogP contribution in [0.4, 0.5) is 4.39 Å². The van der Waals surface area contributed by atoms with Crippen LogP contribution < -0.4 is 4.74 Å². The van der Waals surface area contributed by atoms with Crippen molar-refractivity contribution in [3.05, 3.63) is 59.9 Å². The molecule has 2 aromatic heterocycles. The highest BCUT2D eigenvalue weighted by Gasteiger charge is 2.15. The normalized spacial score (nSPS) is 10.5. The summed E-state index contributed by atoms with van der Waals surface area (Å²) < 4.78 is 19.8. The van der Waals surface area contributed by atoms with Crippen molar-refractivity contribution < 1.29 is 19.0 Å². The summed E-state index contributed by atoms with van der Waals surface area (Å²) in [4.78, 5) is 19.1. The van der Waals surface area contributed by atoms with E-state index in [1.54, 1.807) is 6.92 Å². The lowest BCUT2D eigenvalue weighted by molar-refractivity contribution is 0.0696. The Hall–Kier alpha value is -3.29. The lowest BCUT2D eigenvalue weighted by Gasteiger charge is -2.07. The second-order valence-electron chi connectivity index (χ2n) is 4.63. The fourth-order valence-corrected chi connectivity index (χ4v) is 1.98. The third-order valence-corrected chi connectivity index (χ3v) is 3.12. The van der Waals surface area contributed by atoms with E-state index in [2.05, 4.69) is 15.1 Å². The first-order valence-electron chi connectivity index (χ1n) is 6.58. The molecule has 0 aliphatic carbocycles. The van der Waals surface area contributed by atoms with Crippen molar-refractivity contribution in [2.24, 2.45) is 0 Å². The van der Waals surface area contributed by atoms with Gasteiger partial charge in [0.25, 0.3) is 0 Å². The fourth-order valence-electron chi connectivity index (χ4n) is 1.98. The van der Waals surface area contributed by atoms with Crippen molar-refractivity contribution in [3.8, 4) is 17.4 Å². The average molecular weight is 314 g/mol. The van der Waals surface area contributed by atoms with Crippen LogP contribution in [-0.2, 0) is 0 Å². The molecule has 0 unspecified atom stereocenters. The summed E-state index contributed by atoms with van der Waals surface area (Å²) in [5.41, 5.74) is 0.522. The number of aromatic nitrogens is 4. The highest BCUT2D eigenvalue weighted by atomic mass is 19.1. The molecule has 0 spiro atoms. The zero-order chi connectivity index (χ0) is 16.4. The van der Waals surface area contributed by atoms with Crippen LogP contribution in [0.2, 0.25) is 0 Å². The minimum absolute atomic E-state index is 0.0876. The molecule has 0 saturated heterocycles. The Bertz CT molecular complexity index is 861. The van der Waals surface area contributed by atoms with Gasteiger partial charge in [-0.05, 0) is 31.2 Å². The van der Waals surface area contributed by atoms with E-state index in [0.717, 1.165) is 0 Å². The van der Waals surface area contributed by atoms with Gasteiger partial charge >= 0.3 is 5.97 Å². The molecule has 0 aliphatic rings. The van der Waals surface area contributed by atoms with E-state index in [0.29, 0.717) is 17.3 Å². The molecule has 0 saturated carbocycles. The van der Waals surface area contributed by atoms with Gasteiger partial charge < -0.3 is 9.84 Å². The maximum atomic E-state index is 12.9. The van der Waals surface area contributed by atoms with Gasteiger partial charge in [0.05, 0.1) is 11.9 Å². The number of aromatic carboxylic acids is 1. The Labute approximate surface area is 130 Å². The molecule has 3 rings (SSSR count). The largest absolute Gasteiger partial charge is 0.478 e. The molecule has 7 nitrogen and oxygen atoms in total. The topological polar surface area (TPSA) is 90.1 Å². The van der Waals surface area contributed by atoms with Crippen molar-refractivity contribution in [1.29, 1.82) is 0 Å². The molecule has 0 aliphatic heterocycles. The van der Waals surface area contributed by atoms with Crippen LogP contribution >= 0.6 is 0 Å². The van der Waals surface area contributed by atoms with Gasteiger partial charge in [-0.3, -0.25) is 0 Å². The van der Waals surface area contributed by atoms with Gasteiger partial charge in [0.2, 0.25) is 5.88 Å². The van der Waals surface area contributed by atoms with E-state index in [1.807, 2.05) is 0 Å². The standard InChI is InChI=1S/C15H11FN4O3/c1-9-12(15(21)22)7-19-20(9)13-6-14(18-8-17-13)23-11-4-2-10(16)3-5-11/h2-8H,1H3,(H,21,22). The van der Waals surface area contributed by atoms with Crippen LogP contribution in [0.5, 0.6) is 11.6 Å². The Morgan fingerprint density at radius 2 is 2.00 bits per heavy atom. The number of hydrogen-bond acceptors (Lipinski definition) is 5. The minimum Gasteiger partial charge on any atom is -0.478 e. The van der Waals surface area contributed by atoms with Gasteiger partial charge in [-0.1, -0.05) is 0 Å². The summed E-state index contributed by atoms with van der Waals surface area (Å²) in [6.07, 6.45) is 2.52. The lowest BCUT2D eigenvalue weighted by Crippen LogP contribution is -2.05. The van der Waals surface area contributed by atoms with Crippen molar-refractivity contribution in [2.75, 3.05) is 0 Å².